The number of hydrogen-bond donors (Lipinski definition) is 1. The number of nitrogens with zero attached hydrogens (tertiary/aromatic N) is 1. The molecule has 7 heteroatoms. The lowest BCUT2D eigenvalue weighted by Crippen LogP contribution is -2.53. The molecule has 1 unspecified atom stereocenters. The zero-order valence-electron chi connectivity index (χ0n) is 13.3. The quantitative estimate of drug-likeness (QED) is 0.476. The number of carbonyl (C=O) groups excluding carboxylic acids is 4. The second kappa shape index (κ2) is 7.54. The number of ether oxygens (including phenoxy) is 1. The molecule has 2 rings (SSSR count). The lowest BCUT2D eigenvalue weighted by atomic mass is 10.0. The monoisotopic (exact) mass is 330 g/mol. The van der Waals surface area contributed by atoms with Crippen LogP contribution < -0.4 is 10.1 Å². The number of amides is 4. The van der Waals surface area contributed by atoms with Gasteiger partial charge >= 0.3 is 0 Å². The van der Waals surface area contributed by atoms with Crippen molar-refractivity contribution in [3.05, 3.63) is 42.0 Å². The minimum atomic E-state index is -0.996. The Kier molecular flexibility index (Phi) is 5.47. The van der Waals surface area contributed by atoms with Crippen LogP contribution in [0.15, 0.2) is 30.9 Å². The van der Waals surface area contributed by atoms with Crippen LogP contribution in [0.4, 0.5) is 0 Å². The molecule has 1 aromatic rings. The summed E-state index contributed by atoms with van der Waals surface area (Å²) in [6, 6.07) is 3.92. The summed E-state index contributed by atoms with van der Waals surface area (Å²) < 4.78 is 5.39. The molecule has 0 spiro atoms. The van der Waals surface area contributed by atoms with E-state index < -0.39 is 23.8 Å². The fraction of sp³-hybridized carbons (Fsp3) is 0.294. The number of aryl methyl sites for hydroxylation is 1. The Bertz CT molecular complexity index is 698. The molecule has 1 aliphatic heterocycles. The van der Waals surface area contributed by atoms with Crippen LogP contribution in [0, 0.1) is 6.92 Å². The fourth-order valence-corrected chi connectivity index (χ4v) is 2.43. The first kappa shape index (κ1) is 17.4. The molecule has 7 nitrogen and oxygen atoms in total. The second-order valence-electron chi connectivity index (χ2n) is 5.36. The topological polar surface area (TPSA) is 92.8 Å². The SMILES string of the molecule is C=CCOc1ccc(C)c(C(=O)N(C=O)C2CCC(=O)NC2=O)c1. The maximum absolute atomic E-state index is 12.7. The summed E-state index contributed by atoms with van der Waals surface area (Å²) in [6.45, 7) is 5.55. The highest BCUT2D eigenvalue weighted by Gasteiger charge is 2.35. The van der Waals surface area contributed by atoms with Crippen LogP contribution in [-0.2, 0) is 14.4 Å². The van der Waals surface area contributed by atoms with Gasteiger partial charge in [-0.1, -0.05) is 18.7 Å². The van der Waals surface area contributed by atoms with Crippen LogP contribution in [0.25, 0.3) is 0 Å². The summed E-state index contributed by atoms with van der Waals surface area (Å²) in [4.78, 5) is 48.1. The average molecular weight is 330 g/mol. The van der Waals surface area contributed by atoms with Crippen molar-refractivity contribution < 1.29 is 23.9 Å². The molecule has 0 aromatic heterocycles. The molecule has 126 valence electrons. The molecule has 1 fully saturated rings. The molecule has 0 saturated carbocycles. The minimum absolute atomic E-state index is 0.0789. The number of benzene rings is 1. The minimum Gasteiger partial charge on any atom is -0.490 e. The second-order valence-corrected chi connectivity index (χ2v) is 5.36. The summed E-state index contributed by atoms with van der Waals surface area (Å²) in [7, 11) is 0. The third-order valence-electron chi connectivity index (χ3n) is 3.70. The van der Waals surface area contributed by atoms with Crippen LogP contribution in [0.2, 0.25) is 0 Å². The maximum Gasteiger partial charge on any atom is 0.261 e. The number of rotatable bonds is 6. The van der Waals surface area contributed by atoms with Crippen LogP contribution in [-0.4, -0.2) is 41.7 Å². The number of piperidine rings is 1. The fourth-order valence-electron chi connectivity index (χ4n) is 2.43. The van der Waals surface area contributed by atoms with Crippen LogP contribution >= 0.6 is 0 Å². The van der Waals surface area contributed by atoms with E-state index in [4.69, 9.17) is 4.74 Å². The van der Waals surface area contributed by atoms with Gasteiger partial charge in [0.25, 0.3) is 5.91 Å². The molecule has 0 aliphatic carbocycles. The van der Waals surface area contributed by atoms with E-state index >= 15 is 0 Å². The lowest BCUT2D eigenvalue weighted by molar-refractivity contribution is -0.139. The van der Waals surface area contributed by atoms with Crippen LogP contribution in [0.5, 0.6) is 5.75 Å². The Morgan fingerprint density at radius 1 is 1.46 bits per heavy atom. The van der Waals surface area contributed by atoms with Crippen molar-refractivity contribution >= 4 is 24.1 Å². The Balaban J connectivity index is 2.27. The van der Waals surface area contributed by atoms with E-state index in [-0.39, 0.29) is 25.0 Å². The number of nitrogens with one attached hydrogen (secondary N) is 1. The molecule has 1 N–H and O–H groups in total. The van der Waals surface area contributed by atoms with E-state index in [1.165, 1.54) is 6.07 Å². The Hall–Kier alpha value is -2.96. The van der Waals surface area contributed by atoms with Gasteiger partial charge in [-0.3, -0.25) is 29.4 Å². The van der Waals surface area contributed by atoms with Crippen LogP contribution in [0.3, 0.4) is 0 Å². The van der Waals surface area contributed by atoms with Crippen molar-refractivity contribution in [2.75, 3.05) is 6.61 Å². The average Bonchev–Trinajstić information content (AvgIpc) is 2.56. The predicted octanol–water partition coefficient (Wildman–Crippen LogP) is 0.964. The van der Waals surface area contributed by atoms with Gasteiger partial charge in [0.05, 0.1) is 0 Å². The van der Waals surface area contributed by atoms with Crippen molar-refractivity contribution in [3.63, 3.8) is 0 Å². The molecule has 1 heterocycles. The number of imide groups is 2. The number of carbonyl (C=O) groups is 4. The maximum atomic E-state index is 12.7. The Morgan fingerprint density at radius 2 is 2.21 bits per heavy atom. The van der Waals surface area contributed by atoms with Gasteiger partial charge in [-0.25, -0.2) is 0 Å². The third kappa shape index (κ3) is 3.68. The highest BCUT2D eigenvalue weighted by molar-refractivity contribution is 6.07. The van der Waals surface area contributed by atoms with Gasteiger partial charge in [-0.15, -0.1) is 0 Å². The van der Waals surface area contributed by atoms with E-state index in [9.17, 15) is 19.2 Å². The molecule has 1 aromatic carbocycles. The predicted molar refractivity (Wildman–Crippen MR) is 85.3 cm³/mol. The van der Waals surface area contributed by atoms with Gasteiger partial charge in [-0.05, 0) is 31.0 Å². The molecule has 24 heavy (non-hydrogen) atoms. The first-order chi connectivity index (χ1) is 11.5. The van der Waals surface area contributed by atoms with Crippen LogP contribution in [0.1, 0.15) is 28.8 Å². The van der Waals surface area contributed by atoms with Gasteiger partial charge in [0.15, 0.2) is 0 Å². The van der Waals surface area contributed by atoms with Crippen molar-refractivity contribution in [2.24, 2.45) is 0 Å². The van der Waals surface area contributed by atoms with Gasteiger partial charge < -0.3 is 4.74 Å². The van der Waals surface area contributed by atoms with E-state index in [0.29, 0.717) is 17.7 Å². The highest BCUT2D eigenvalue weighted by atomic mass is 16.5. The van der Waals surface area contributed by atoms with Gasteiger partial charge in [0.2, 0.25) is 18.2 Å². The standard InChI is InChI=1S/C17H18N2O5/c1-3-8-24-12-5-4-11(2)13(9-12)17(23)19(10-20)14-6-7-15(21)18-16(14)22/h3-5,9-10,14H,1,6-8H2,2H3,(H,18,21,22). The summed E-state index contributed by atoms with van der Waals surface area (Å²) in [5.74, 6) is -1.21. The number of hydrogen-bond acceptors (Lipinski definition) is 5. The first-order valence-electron chi connectivity index (χ1n) is 7.44. The summed E-state index contributed by atoms with van der Waals surface area (Å²) in [5, 5.41) is 2.14. The van der Waals surface area contributed by atoms with Gasteiger partial charge in [-0.2, -0.15) is 0 Å². The zero-order chi connectivity index (χ0) is 17.7. The Labute approximate surface area is 139 Å². The van der Waals surface area contributed by atoms with Crippen molar-refractivity contribution in [1.82, 2.24) is 10.2 Å². The highest BCUT2D eigenvalue weighted by Crippen LogP contribution is 2.21. The smallest absolute Gasteiger partial charge is 0.261 e. The largest absolute Gasteiger partial charge is 0.490 e. The van der Waals surface area contributed by atoms with E-state index in [2.05, 4.69) is 11.9 Å². The van der Waals surface area contributed by atoms with Crippen molar-refractivity contribution in [1.29, 1.82) is 0 Å². The van der Waals surface area contributed by atoms with E-state index in [1.807, 2.05) is 0 Å². The molecule has 1 atom stereocenters. The third-order valence-corrected chi connectivity index (χ3v) is 3.70. The van der Waals surface area contributed by atoms with E-state index in [0.717, 1.165) is 4.90 Å². The van der Waals surface area contributed by atoms with E-state index in [1.54, 1.807) is 25.1 Å². The summed E-state index contributed by atoms with van der Waals surface area (Å²) in [6.07, 6.45) is 2.08. The molecular weight excluding hydrogens is 312 g/mol. The normalized spacial score (nSPS) is 17.0. The summed E-state index contributed by atoms with van der Waals surface area (Å²) in [5.41, 5.74) is 0.901. The summed E-state index contributed by atoms with van der Waals surface area (Å²) >= 11 is 0. The Morgan fingerprint density at radius 3 is 2.83 bits per heavy atom. The van der Waals surface area contributed by atoms with Crippen molar-refractivity contribution in [3.8, 4) is 5.75 Å². The molecule has 4 amide bonds. The lowest BCUT2D eigenvalue weighted by Gasteiger charge is -2.28. The molecular formula is C17H18N2O5. The first-order valence-corrected chi connectivity index (χ1v) is 7.44. The molecule has 1 aliphatic rings. The zero-order valence-corrected chi connectivity index (χ0v) is 13.3. The van der Waals surface area contributed by atoms with Crippen molar-refractivity contribution in [2.45, 2.75) is 25.8 Å². The van der Waals surface area contributed by atoms with Gasteiger partial charge in [0.1, 0.15) is 18.4 Å². The molecule has 0 radical (unpaired) electrons. The van der Waals surface area contributed by atoms with Gasteiger partial charge in [0, 0.05) is 12.0 Å². The molecule has 1 saturated heterocycles. The molecule has 0 bridgehead atoms.